The van der Waals surface area contributed by atoms with Gasteiger partial charge in [0.15, 0.2) is 5.60 Å². The molecular weight excluding hydrogens is 310 g/mol. The minimum Gasteiger partial charge on any atom is -0.462 e. The molecule has 0 spiro atoms. The van der Waals surface area contributed by atoms with Crippen molar-refractivity contribution in [1.29, 1.82) is 0 Å². The topological polar surface area (TPSA) is 77.8 Å². The van der Waals surface area contributed by atoms with Crippen LogP contribution in [-0.4, -0.2) is 41.1 Å². The Kier molecular flexibility index (Phi) is 4.08. The van der Waals surface area contributed by atoms with Crippen molar-refractivity contribution in [1.82, 2.24) is 4.57 Å². The Bertz CT molecular complexity index is 862. The molecular formula is C18H19NO5. The number of allylic oxidation sites excluding steroid dienone is 1. The van der Waals surface area contributed by atoms with Crippen LogP contribution in [0.4, 0.5) is 0 Å². The van der Waals surface area contributed by atoms with Crippen LogP contribution in [0.25, 0.3) is 5.57 Å². The molecule has 2 aliphatic rings. The lowest BCUT2D eigenvalue weighted by molar-refractivity contribution is -0.140. The van der Waals surface area contributed by atoms with Crippen LogP contribution in [-0.2, 0) is 27.7 Å². The Balaban J connectivity index is 2.15. The van der Waals surface area contributed by atoms with E-state index in [0.717, 1.165) is 5.57 Å². The van der Waals surface area contributed by atoms with Gasteiger partial charge in [-0.2, -0.15) is 0 Å². The van der Waals surface area contributed by atoms with Gasteiger partial charge in [-0.3, -0.25) is 4.79 Å². The number of esters is 1. The van der Waals surface area contributed by atoms with E-state index < -0.39 is 11.6 Å². The molecule has 126 valence electrons. The van der Waals surface area contributed by atoms with Crippen molar-refractivity contribution >= 4 is 11.5 Å². The highest BCUT2D eigenvalue weighted by atomic mass is 16.5. The second kappa shape index (κ2) is 5.93. The number of aryl methyl sites for hydroxylation is 1. The Morgan fingerprint density at radius 1 is 1.50 bits per heavy atom. The highest BCUT2D eigenvalue weighted by Crippen LogP contribution is 2.34. The molecule has 1 aliphatic heterocycles. The molecule has 1 aliphatic carbocycles. The third kappa shape index (κ3) is 2.66. The Labute approximate surface area is 139 Å². The van der Waals surface area contributed by atoms with E-state index in [1.165, 1.54) is 4.57 Å². The monoisotopic (exact) mass is 329 g/mol. The average molecular weight is 329 g/mol. The number of hydrogen-bond acceptors (Lipinski definition) is 5. The fraction of sp³-hybridized carbons (Fsp3) is 0.444. The number of carbonyl (C=O) groups is 1. The van der Waals surface area contributed by atoms with E-state index >= 15 is 0 Å². The summed E-state index contributed by atoms with van der Waals surface area (Å²) in [6.45, 7) is 4.13. The van der Waals surface area contributed by atoms with Crippen LogP contribution in [0, 0.1) is 11.8 Å². The second-order valence-electron chi connectivity index (χ2n) is 6.14. The molecule has 0 atom stereocenters. The largest absolute Gasteiger partial charge is 0.462 e. The number of pyridine rings is 1. The summed E-state index contributed by atoms with van der Waals surface area (Å²) in [7, 11) is 1.65. The summed E-state index contributed by atoms with van der Waals surface area (Å²) in [4.78, 5) is 24.7. The molecule has 1 saturated heterocycles. The second-order valence-corrected chi connectivity index (χ2v) is 6.14. The zero-order valence-corrected chi connectivity index (χ0v) is 13.9. The van der Waals surface area contributed by atoms with Gasteiger partial charge in [0.25, 0.3) is 5.56 Å². The average Bonchev–Trinajstić information content (AvgIpc) is 2.85. The number of aromatic nitrogens is 1. The van der Waals surface area contributed by atoms with Gasteiger partial charge in [-0.05, 0) is 13.8 Å². The third-order valence-corrected chi connectivity index (χ3v) is 4.18. The zero-order chi connectivity index (χ0) is 17.5. The summed E-state index contributed by atoms with van der Waals surface area (Å²) >= 11 is 0. The van der Waals surface area contributed by atoms with Crippen molar-refractivity contribution in [2.45, 2.75) is 25.9 Å². The number of fused-ring (bicyclic) bond motifs is 1. The molecule has 3 rings (SSSR count). The van der Waals surface area contributed by atoms with Crippen LogP contribution >= 0.6 is 0 Å². The van der Waals surface area contributed by atoms with Crippen molar-refractivity contribution < 1.29 is 19.4 Å². The number of nitrogens with zero attached hydrogens (tertiary/aromatic N) is 1. The van der Waals surface area contributed by atoms with Gasteiger partial charge in [0.05, 0.1) is 25.4 Å². The summed E-state index contributed by atoms with van der Waals surface area (Å²) in [5.41, 5.74) is 1.49. The van der Waals surface area contributed by atoms with Crippen LogP contribution in [0.15, 0.2) is 16.6 Å². The van der Waals surface area contributed by atoms with Crippen LogP contribution < -0.4 is 5.56 Å². The lowest BCUT2D eigenvalue weighted by Crippen LogP contribution is -2.48. The summed E-state index contributed by atoms with van der Waals surface area (Å²) in [5, 5.41) is 10.1. The predicted octanol–water partition coefficient (Wildman–Crippen LogP) is 0.391. The normalized spacial score (nSPS) is 17.7. The first-order valence-electron chi connectivity index (χ1n) is 7.79. The first-order valence-corrected chi connectivity index (χ1v) is 7.79. The maximum absolute atomic E-state index is 12.4. The molecule has 6 nitrogen and oxygen atoms in total. The minimum atomic E-state index is -1.16. The summed E-state index contributed by atoms with van der Waals surface area (Å²) < 4.78 is 11.6. The summed E-state index contributed by atoms with van der Waals surface area (Å²) in [6.07, 6.45) is 1.99. The number of carbonyl (C=O) groups excluding carboxylic acids is 1. The number of rotatable bonds is 2. The first kappa shape index (κ1) is 16.5. The smallest absolute Gasteiger partial charge is 0.338 e. The molecule has 24 heavy (non-hydrogen) atoms. The van der Waals surface area contributed by atoms with E-state index in [2.05, 4.69) is 11.8 Å². The Hall–Kier alpha value is -2.36. The van der Waals surface area contributed by atoms with Crippen LogP contribution in [0.2, 0.25) is 0 Å². The van der Waals surface area contributed by atoms with Crippen molar-refractivity contribution in [3.63, 3.8) is 0 Å². The maximum atomic E-state index is 12.4. The van der Waals surface area contributed by atoms with E-state index in [-0.39, 0.29) is 25.4 Å². The van der Waals surface area contributed by atoms with Crippen LogP contribution in [0.1, 0.15) is 30.5 Å². The fourth-order valence-electron chi connectivity index (χ4n) is 2.94. The molecule has 0 bridgehead atoms. The van der Waals surface area contributed by atoms with Gasteiger partial charge in [0, 0.05) is 36.4 Å². The molecule has 6 heteroatoms. The van der Waals surface area contributed by atoms with E-state index in [1.807, 2.05) is 6.92 Å². The van der Waals surface area contributed by atoms with E-state index in [4.69, 9.17) is 9.47 Å². The molecule has 0 unspecified atom stereocenters. The van der Waals surface area contributed by atoms with Gasteiger partial charge in [0.1, 0.15) is 0 Å². The molecule has 1 N–H and O–H groups in total. The third-order valence-electron chi connectivity index (χ3n) is 4.18. The van der Waals surface area contributed by atoms with Gasteiger partial charge in [-0.25, -0.2) is 4.79 Å². The Morgan fingerprint density at radius 2 is 2.21 bits per heavy atom. The number of hydrogen-bond donors (Lipinski definition) is 1. The van der Waals surface area contributed by atoms with Crippen molar-refractivity contribution in [2.24, 2.45) is 7.05 Å². The van der Waals surface area contributed by atoms with E-state index in [0.29, 0.717) is 28.7 Å². The molecule has 2 heterocycles. The molecule has 1 aromatic rings. The van der Waals surface area contributed by atoms with Gasteiger partial charge >= 0.3 is 5.97 Å². The van der Waals surface area contributed by atoms with Gasteiger partial charge in [-0.15, -0.1) is 0 Å². The van der Waals surface area contributed by atoms with E-state index in [9.17, 15) is 14.7 Å². The molecule has 0 radical (unpaired) electrons. The molecule has 0 amide bonds. The minimum absolute atomic E-state index is 0.153. The SMILES string of the molecule is CCOC(=O)C1=C(C)Cc2c1c(C#CC1(O)COC1)cn(C)c2=O. The molecule has 1 fully saturated rings. The first-order chi connectivity index (χ1) is 11.4. The number of aliphatic hydroxyl groups is 1. The van der Waals surface area contributed by atoms with Crippen LogP contribution in [0.3, 0.4) is 0 Å². The molecule has 0 saturated carbocycles. The molecule has 1 aromatic heterocycles. The highest BCUT2D eigenvalue weighted by Gasteiger charge is 2.35. The predicted molar refractivity (Wildman–Crippen MR) is 87.3 cm³/mol. The van der Waals surface area contributed by atoms with E-state index in [1.54, 1.807) is 20.2 Å². The maximum Gasteiger partial charge on any atom is 0.338 e. The lowest BCUT2D eigenvalue weighted by Gasteiger charge is -2.31. The van der Waals surface area contributed by atoms with Crippen molar-refractivity contribution in [2.75, 3.05) is 19.8 Å². The standard InChI is InChI=1S/C18H19NO5/c1-4-24-17(21)14-11(2)7-13-15(14)12(8-19(3)16(13)20)5-6-18(22)9-23-10-18/h8,22H,4,7,9-10H2,1-3H3. The van der Waals surface area contributed by atoms with Gasteiger partial charge < -0.3 is 19.1 Å². The van der Waals surface area contributed by atoms with Crippen molar-refractivity contribution in [3.05, 3.63) is 38.8 Å². The number of ether oxygens (including phenoxy) is 2. The van der Waals surface area contributed by atoms with Gasteiger partial charge in [0.2, 0.25) is 0 Å². The quantitative estimate of drug-likeness (QED) is 0.627. The highest BCUT2D eigenvalue weighted by molar-refractivity contribution is 6.19. The van der Waals surface area contributed by atoms with Crippen molar-refractivity contribution in [3.8, 4) is 11.8 Å². The molecule has 0 aromatic carbocycles. The van der Waals surface area contributed by atoms with Gasteiger partial charge in [-0.1, -0.05) is 17.4 Å². The fourth-order valence-corrected chi connectivity index (χ4v) is 2.94. The Morgan fingerprint density at radius 3 is 2.79 bits per heavy atom. The zero-order valence-electron chi connectivity index (χ0n) is 13.9. The summed E-state index contributed by atoms with van der Waals surface area (Å²) in [5.74, 6) is 5.26. The summed E-state index contributed by atoms with van der Waals surface area (Å²) in [6, 6.07) is 0. The van der Waals surface area contributed by atoms with Crippen LogP contribution in [0.5, 0.6) is 0 Å². The lowest BCUT2D eigenvalue weighted by atomic mass is 9.98.